The Morgan fingerprint density at radius 2 is 1.43 bits per heavy atom. The molecule has 0 radical (unpaired) electrons. The second-order valence-corrected chi connectivity index (χ2v) is 8.35. The summed E-state index contributed by atoms with van der Waals surface area (Å²) in [6, 6.07) is 12.4. The first-order valence-corrected chi connectivity index (χ1v) is 11.7. The van der Waals surface area contributed by atoms with E-state index in [1.807, 2.05) is 12.1 Å². The zero-order valence-corrected chi connectivity index (χ0v) is 21.5. The van der Waals surface area contributed by atoms with E-state index in [1.54, 1.807) is 43.4 Å². The maximum atomic E-state index is 13.9. The van der Waals surface area contributed by atoms with Crippen molar-refractivity contribution in [3.63, 3.8) is 0 Å². The van der Waals surface area contributed by atoms with Gasteiger partial charge >= 0.3 is 0 Å². The van der Waals surface area contributed by atoms with E-state index in [2.05, 4.69) is 0 Å². The molecule has 0 aromatic heterocycles. The number of benzene rings is 3. The second kappa shape index (κ2) is 11.3. The molecule has 0 bridgehead atoms. The number of rotatable bonds is 9. The molecule has 3 aromatic rings. The molecule has 0 spiro atoms. The molecule has 1 heterocycles. The van der Waals surface area contributed by atoms with Gasteiger partial charge in [0.05, 0.1) is 41.6 Å². The van der Waals surface area contributed by atoms with E-state index in [9.17, 15) is 9.18 Å². The number of methoxy groups -OCH3 is 5. The van der Waals surface area contributed by atoms with E-state index < -0.39 is 6.04 Å². The predicted molar refractivity (Wildman–Crippen MR) is 135 cm³/mol. The number of ether oxygens (including phenoxy) is 6. The van der Waals surface area contributed by atoms with Crippen LogP contribution in [0, 0.1) is 5.82 Å². The summed E-state index contributed by atoms with van der Waals surface area (Å²) in [5.41, 5.74) is 2.29. The minimum atomic E-state index is -0.458. The van der Waals surface area contributed by atoms with Gasteiger partial charge in [-0.25, -0.2) is 4.39 Å². The van der Waals surface area contributed by atoms with E-state index >= 15 is 0 Å². The van der Waals surface area contributed by atoms with Crippen molar-refractivity contribution in [2.75, 3.05) is 48.7 Å². The second-order valence-electron chi connectivity index (χ2n) is 8.35. The molecule has 1 aliphatic heterocycles. The normalized spacial score (nSPS) is 14.4. The molecule has 0 fully saturated rings. The van der Waals surface area contributed by atoms with Crippen LogP contribution in [0.25, 0.3) is 0 Å². The van der Waals surface area contributed by atoms with Crippen molar-refractivity contribution in [3.05, 3.63) is 71.0 Å². The minimum Gasteiger partial charge on any atom is -0.493 e. The number of halogens is 1. The van der Waals surface area contributed by atoms with E-state index in [0.29, 0.717) is 53.0 Å². The van der Waals surface area contributed by atoms with Crippen LogP contribution in [0.1, 0.15) is 27.5 Å². The lowest BCUT2D eigenvalue weighted by atomic mass is 9.91. The number of amides is 1. The Balaban J connectivity index is 1.74. The zero-order valence-electron chi connectivity index (χ0n) is 21.5. The Bertz CT molecular complexity index is 1240. The molecule has 1 aliphatic rings. The maximum Gasteiger partial charge on any atom is 0.254 e. The highest BCUT2D eigenvalue weighted by Gasteiger charge is 2.34. The molecular weight excluding hydrogens is 481 g/mol. The summed E-state index contributed by atoms with van der Waals surface area (Å²) in [5, 5.41) is 0. The number of carbonyl (C=O) groups is 1. The van der Waals surface area contributed by atoms with Gasteiger partial charge in [0.1, 0.15) is 18.2 Å². The highest BCUT2D eigenvalue weighted by atomic mass is 19.1. The zero-order chi connectivity index (χ0) is 26.5. The average Bonchev–Trinajstić information content (AvgIpc) is 2.94. The lowest BCUT2D eigenvalue weighted by Crippen LogP contribution is -2.42. The Morgan fingerprint density at radius 3 is 2.00 bits per heavy atom. The minimum absolute atomic E-state index is 0.143. The molecule has 0 aliphatic carbocycles. The van der Waals surface area contributed by atoms with Crippen LogP contribution < -0.4 is 28.4 Å². The van der Waals surface area contributed by atoms with Crippen molar-refractivity contribution in [3.8, 4) is 34.5 Å². The first-order valence-electron chi connectivity index (χ1n) is 11.7. The monoisotopic (exact) mass is 511 g/mol. The van der Waals surface area contributed by atoms with Gasteiger partial charge in [0.2, 0.25) is 5.75 Å². The summed E-state index contributed by atoms with van der Waals surface area (Å²) in [4.78, 5) is 15.7. The standard InChI is InChI=1S/C28H30FNO7/c1-32-23-12-17-10-11-30(28(31)18-13-25(34-3)27(36-5)26(14-18)35-4)22(21(17)15-24(23)33-2)16-37-20-8-6-19(29)7-9-20/h6-9,12-15,22H,10-11,16H2,1-5H3. The smallest absolute Gasteiger partial charge is 0.254 e. The molecular formula is C28H30FNO7. The van der Waals surface area contributed by atoms with Crippen LogP contribution in [0.4, 0.5) is 4.39 Å². The van der Waals surface area contributed by atoms with Crippen molar-refractivity contribution in [1.29, 1.82) is 0 Å². The molecule has 37 heavy (non-hydrogen) atoms. The molecule has 1 amide bonds. The lowest BCUT2D eigenvalue weighted by Gasteiger charge is -2.37. The molecule has 3 aromatic carbocycles. The van der Waals surface area contributed by atoms with Gasteiger partial charge < -0.3 is 33.3 Å². The summed E-state index contributed by atoms with van der Waals surface area (Å²) < 4.78 is 46.7. The third-order valence-electron chi connectivity index (χ3n) is 6.40. The van der Waals surface area contributed by atoms with Gasteiger partial charge in [-0.2, -0.15) is 0 Å². The molecule has 0 saturated carbocycles. The summed E-state index contributed by atoms with van der Waals surface area (Å²) in [6.45, 7) is 0.583. The summed E-state index contributed by atoms with van der Waals surface area (Å²) >= 11 is 0. The third kappa shape index (κ3) is 5.21. The van der Waals surface area contributed by atoms with Crippen LogP contribution in [0.5, 0.6) is 34.5 Å². The predicted octanol–water partition coefficient (Wildman–Crippen LogP) is 4.69. The van der Waals surface area contributed by atoms with Crippen LogP contribution in [-0.4, -0.2) is 59.5 Å². The van der Waals surface area contributed by atoms with E-state index in [4.69, 9.17) is 28.4 Å². The van der Waals surface area contributed by atoms with Crippen LogP contribution in [0.3, 0.4) is 0 Å². The average molecular weight is 512 g/mol. The quantitative estimate of drug-likeness (QED) is 0.413. The molecule has 0 saturated heterocycles. The molecule has 8 nitrogen and oxygen atoms in total. The molecule has 1 atom stereocenters. The fourth-order valence-corrected chi connectivity index (χ4v) is 4.53. The van der Waals surface area contributed by atoms with Gasteiger partial charge in [0.15, 0.2) is 23.0 Å². The Labute approximate surface area is 215 Å². The largest absolute Gasteiger partial charge is 0.493 e. The number of fused-ring (bicyclic) bond motifs is 1. The molecule has 1 unspecified atom stereocenters. The van der Waals surface area contributed by atoms with Crippen LogP contribution in [0.2, 0.25) is 0 Å². The third-order valence-corrected chi connectivity index (χ3v) is 6.40. The summed E-state index contributed by atoms with van der Waals surface area (Å²) in [6.07, 6.45) is 0.610. The molecule has 9 heteroatoms. The molecule has 196 valence electrons. The van der Waals surface area contributed by atoms with Gasteiger partial charge in [-0.1, -0.05) is 0 Å². The first kappa shape index (κ1) is 25.9. The highest BCUT2D eigenvalue weighted by molar-refractivity contribution is 5.96. The van der Waals surface area contributed by atoms with Gasteiger partial charge in [-0.05, 0) is 66.1 Å². The first-order chi connectivity index (χ1) is 17.9. The Kier molecular flexibility index (Phi) is 7.91. The fourth-order valence-electron chi connectivity index (χ4n) is 4.53. The summed E-state index contributed by atoms with van der Waals surface area (Å²) in [7, 11) is 7.66. The summed E-state index contributed by atoms with van der Waals surface area (Å²) in [5.74, 6) is 2.24. The number of hydrogen-bond donors (Lipinski definition) is 0. The van der Waals surface area contributed by atoms with Crippen molar-refractivity contribution >= 4 is 5.91 Å². The van der Waals surface area contributed by atoms with Crippen molar-refractivity contribution in [2.45, 2.75) is 12.5 Å². The van der Waals surface area contributed by atoms with Crippen molar-refractivity contribution in [2.24, 2.45) is 0 Å². The van der Waals surface area contributed by atoms with Crippen LogP contribution in [-0.2, 0) is 6.42 Å². The van der Waals surface area contributed by atoms with Crippen LogP contribution >= 0.6 is 0 Å². The van der Waals surface area contributed by atoms with Crippen LogP contribution in [0.15, 0.2) is 48.5 Å². The van der Waals surface area contributed by atoms with Crippen molar-refractivity contribution < 1.29 is 37.6 Å². The van der Waals surface area contributed by atoms with Gasteiger partial charge in [0.25, 0.3) is 5.91 Å². The lowest BCUT2D eigenvalue weighted by molar-refractivity contribution is 0.0588. The maximum absolute atomic E-state index is 13.9. The van der Waals surface area contributed by atoms with E-state index in [0.717, 1.165) is 11.1 Å². The number of nitrogens with zero attached hydrogens (tertiary/aromatic N) is 1. The Morgan fingerprint density at radius 1 is 0.838 bits per heavy atom. The van der Waals surface area contributed by atoms with Gasteiger partial charge in [-0.15, -0.1) is 0 Å². The molecule has 0 N–H and O–H groups in total. The van der Waals surface area contributed by atoms with Gasteiger partial charge in [0, 0.05) is 12.1 Å². The Hall–Kier alpha value is -4.14. The fraction of sp³-hybridized carbons (Fsp3) is 0.321. The van der Waals surface area contributed by atoms with Gasteiger partial charge in [-0.3, -0.25) is 4.79 Å². The molecule has 4 rings (SSSR count). The SMILES string of the molecule is COc1cc2c(cc1OC)C(COc1ccc(F)cc1)N(C(=O)c1cc(OC)c(OC)c(OC)c1)CC2. The topological polar surface area (TPSA) is 75.7 Å². The highest BCUT2D eigenvalue weighted by Crippen LogP contribution is 2.41. The number of carbonyl (C=O) groups excluding carboxylic acids is 1. The van der Waals surface area contributed by atoms with E-state index in [1.165, 1.54) is 33.5 Å². The number of hydrogen-bond acceptors (Lipinski definition) is 7. The van der Waals surface area contributed by atoms with E-state index in [-0.39, 0.29) is 18.3 Å². The van der Waals surface area contributed by atoms with Crippen molar-refractivity contribution in [1.82, 2.24) is 4.90 Å².